The van der Waals surface area contributed by atoms with Crippen molar-refractivity contribution in [2.45, 2.75) is 225 Å². The van der Waals surface area contributed by atoms with E-state index >= 15 is 0 Å². The maximum Gasteiger partial charge on any atom is 0.220 e. The van der Waals surface area contributed by atoms with Gasteiger partial charge >= 0.3 is 0 Å². The van der Waals surface area contributed by atoms with Crippen molar-refractivity contribution in [2.75, 3.05) is 6.61 Å². The van der Waals surface area contributed by atoms with Crippen LogP contribution in [0.5, 0.6) is 0 Å². The van der Waals surface area contributed by atoms with Gasteiger partial charge in [-0.15, -0.1) is 0 Å². The summed E-state index contributed by atoms with van der Waals surface area (Å²) in [5.74, 6) is -0.0687. The minimum atomic E-state index is -0.837. The summed E-state index contributed by atoms with van der Waals surface area (Å²) in [7, 11) is 0. The highest BCUT2D eigenvalue weighted by molar-refractivity contribution is 5.76. The molecule has 0 aliphatic heterocycles. The van der Waals surface area contributed by atoms with E-state index in [4.69, 9.17) is 0 Å². The minimum Gasteiger partial charge on any atom is -0.394 e. The highest BCUT2D eigenvalue weighted by atomic mass is 16.3. The smallest absolute Gasteiger partial charge is 0.220 e. The van der Waals surface area contributed by atoms with Crippen molar-refractivity contribution in [3.05, 3.63) is 24.3 Å². The number of unbranched alkanes of at least 4 members (excludes halogenated alkanes) is 27. The number of nitrogens with one attached hydrogen (secondary N) is 1. The van der Waals surface area contributed by atoms with E-state index in [1.165, 1.54) is 167 Å². The molecular formula is C41H79NO3. The lowest BCUT2D eigenvalue weighted by Crippen LogP contribution is -2.45. The van der Waals surface area contributed by atoms with E-state index in [1.54, 1.807) is 6.08 Å². The van der Waals surface area contributed by atoms with Gasteiger partial charge in [-0.05, 0) is 44.9 Å². The van der Waals surface area contributed by atoms with Crippen LogP contribution in [-0.4, -0.2) is 34.9 Å². The van der Waals surface area contributed by atoms with Crippen LogP contribution in [0.2, 0.25) is 0 Å². The first kappa shape index (κ1) is 43.9. The van der Waals surface area contributed by atoms with Crippen molar-refractivity contribution in [3.8, 4) is 0 Å². The van der Waals surface area contributed by atoms with Gasteiger partial charge in [0.2, 0.25) is 5.91 Å². The van der Waals surface area contributed by atoms with Gasteiger partial charge < -0.3 is 15.5 Å². The van der Waals surface area contributed by atoms with Crippen LogP contribution in [0.3, 0.4) is 0 Å². The Morgan fingerprint density at radius 3 is 1.24 bits per heavy atom. The van der Waals surface area contributed by atoms with Crippen LogP contribution in [0.4, 0.5) is 0 Å². The fraction of sp³-hybridized carbons (Fsp3) is 0.878. The molecule has 0 heterocycles. The molecule has 0 bridgehead atoms. The van der Waals surface area contributed by atoms with Crippen LogP contribution in [-0.2, 0) is 4.79 Å². The van der Waals surface area contributed by atoms with Crippen molar-refractivity contribution < 1.29 is 15.0 Å². The van der Waals surface area contributed by atoms with Gasteiger partial charge in [0.05, 0.1) is 18.8 Å². The number of amides is 1. The molecule has 266 valence electrons. The summed E-state index contributed by atoms with van der Waals surface area (Å²) in [4.78, 5) is 12.3. The summed E-state index contributed by atoms with van der Waals surface area (Å²) in [5.41, 5.74) is 0. The molecule has 0 aliphatic rings. The minimum absolute atomic E-state index is 0.0687. The molecule has 4 nitrogen and oxygen atoms in total. The van der Waals surface area contributed by atoms with E-state index in [-0.39, 0.29) is 12.5 Å². The molecular weight excluding hydrogens is 554 g/mol. The van der Waals surface area contributed by atoms with Crippen molar-refractivity contribution in [1.29, 1.82) is 0 Å². The fourth-order valence-corrected chi connectivity index (χ4v) is 6.05. The second-order valence-electron chi connectivity index (χ2n) is 13.7. The maximum atomic E-state index is 12.3. The number of rotatable bonds is 36. The van der Waals surface area contributed by atoms with Crippen molar-refractivity contribution >= 4 is 5.91 Å². The molecule has 0 radical (unpaired) electrons. The van der Waals surface area contributed by atoms with Crippen molar-refractivity contribution in [1.82, 2.24) is 5.32 Å². The molecule has 0 aromatic carbocycles. The molecule has 0 aromatic heterocycles. The van der Waals surface area contributed by atoms with Crippen LogP contribution < -0.4 is 5.32 Å². The van der Waals surface area contributed by atoms with Crippen molar-refractivity contribution in [3.63, 3.8) is 0 Å². The Labute approximate surface area is 281 Å². The molecule has 2 unspecified atom stereocenters. The van der Waals surface area contributed by atoms with E-state index in [9.17, 15) is 15.0 Å². The van der Waals surface area contributed by atoms with Crippen LogP contribution in [0.15, 0.2) is 24.3 Å². The Morgan fingerprint density at radius 1 is 0.511 bits per heavy atom. The van der Waals surface area contributed by atoms with Gasteiger partial charge in [-0.2, -0.15) is 0 Å². The molecule has 0 aliphatic carbocycles. The molecule has 0 saturated heterocycles. The van der Waals surface area contributed by atoms with Gasteiger partial charge in [0.15, 0.2) is 0 Å². The van der Waals surface area contributed by atoms with Crippen LogP contribution >= 0.6 is 0 Å². The Bertz CT molecular complexity index is 647. The topological polar surface area (TPSA) is 69.6 Å². The highest BCUT2D eigenvalue weighted by Crippen LogP contribution is 2.15. The van der Waals surface area contributed by atoms with Gasteiger partial charge in [0.1, 0.15) is 0 Å². The number of hydrogen-bond donors (Lipinski definition) is 3. The highest BCUT2D eigenvalue weighted by Gasteiger charge is 2.17. The second-order valence-corrected chi connectivity index (χ2v) is 13.7. The third-order valence-electron chi connectivity index (χ3n) is 9.18. The average molecular weight is 634 g/mol. The van der Waals surface area contributed by atoms with Crippen molar-refractivity contribution in [2.24, 2.45) is 0 Å². The van der Waals surface area contributed by atoms with Gasteiger partial charge in [-0.3, -0.25) is 4.79 Å². The first-order valence-corrected chi connectivity index (χ1v) is 20.1. The quantitative estimate of drug-likeness (QED) is 0.0475. The van der Waals surface area contributed by atoms with E-state index in [2.05, 4.69) is 31.3 Å². The maximum absolute atomic E-state index is 12.3. The first-order chi connectivity index (χ1) is 22.2. The summed E-state index contributed by atoms with van der Waals surface area (Å²) in [5, 5.41) is 22.9. The fourth-order valence-electron chi connectivity index (χ4n) is 6.05. The summed E-state index contributed by atoms with van der Waals surface area (Å²) < 4.78 is 0. The number of carbonyl (C=O) groups excluding carboxylic acids is 1. The van der Waals surface area contributed by atoms with Gasteiger partial charge in [0, 0.05) is 6.42 Å². The lowest BCUT2D eigenvalue weighted by molar-refractivity contribution is -0.123. The molecule has 0 aromatic rings. The molecule has 4 heteroatoms. The lowest BCUT2D eigenvalue weighted by Gasteiger charge is -2.20. The van der Waals surface area contributed by atoms with Gasteiger partial charge in [0.25, 0.3) is 0 Å². The van der Waals surface area contributed by atoms with Gasteiger partial charge in [-0.25, -0.2) is 0 Å². The molecule has 1 amide bonds. The van der Waals surface area contributed by atoms with Gasteiger partial charge in [-0.1, -0.05) is 186 Å². The molecule has 0 saturated carbocycles. The van der Waals surface area contributed by atoms with E-state index in [0.29, 0.717) is 6.42 Å². The molecule has 0 fully saturated rings. The molecule has 0 rings (SSSR count). The third-order valence-corrected chi connectivity index (χ3v) is 9.18. The number of hydrogen-bond acceptors (Lipinski definition) is 3. The van der Waals surface area contributed by atoms with E-state index < -0.39 is 12.1 Å². The Kier molecular flexibility index (Phi) is 36.4. The molecule has 2 atom stereocenters. The number of aliphatic hydroxyl groups is 2. The zero-order chi connectivity index (χ0) is 32.9. The van der Waals surface area contributed by atoms with E-state index in [1.807, 2.05) is 6.08 Å². The SMILES string of the molecule is CCCCCC/C=C\CCCCCCCCCC(=O)NC(CO)C(O)/C=C/CCCCCCCCCCCCCCCCCC. The molecule has 0 spiro atoms. The first-order valence-electron chi connectivity index (χ1n) is 20.1. The molecule has 45 heavy (non-hydrogen) atoms. The number of aliphatic hydroxyl groups excluding tert-OH is 2. The number of allylic oxidation sites excluding steroid dienone is 3. The lowest BCUT2D eigenvalue weighted by atomic mass is 10.0. The monoisotopic (exact) mass is 634 g/mol. The summed E-state index contributed by atoms with van der Waals surface area (Å²) in [6.07, 6.45) is 47.0. The summed E-state index contributed by atoms with van der Waals surface area (Å²) in [6.45, 7) is 4.30. The Morgan fingerprint density at radius 2 is 0.844 bits per heavy atom. The zero-order valence-corrected chi connectivity index (χ0v) is 30.4. The zero-order valence-electron chi connectivity index (χ0n) is 30.4. The number of carbonyl (C=O) groups is 1. The average Bonchev–Trinajstić information content (AvgIpc) is 3.04. The Balaban J connectivity index is 3.59. The summed E-state index contributed by atoms with van der Waals surface area (Å²) in [6, 6.07) is -0.620. The predicted molar refractivity (Wildman–Crippen MR) is 198 cm³/mol. The van der Waals surface area contributed by atoms with Crippen LogP contribution in [0.1, 0.15) is 213 Å². The van der Waals surface area contributed by atoms with Crippen LogP contribution in [0, 0.1) is 0 Å². The summed E-state index contributed by atoms with van der Waals surface area (Å²) >= 11 is 0. The second kappa shape index (κ2) is 37.3. The van der Waals surface area contributed by atoms with Crippen LogP contribution in [0.25, 0.3) is 0 Å². The standard InChI is InChI=1S/C41H79NO3/c1-3-5-7-9-11-13-15-17-19-20-21-23-24-26-28-30-32-34-36-40(44)39(38-43)42-41(45)37-35-33-31-29-27-25-22-18-16-14-12-10-8-6-4-2/h14,16,34,36,39-40,43-44H,3-13,15,17-33,35,37-38H2,1-2H3,(H,42,45)/b16-14-,36-34+. The third kappa shape index (κ3) is 34.0. The van der Waals surface area contributed by atoms with E-state index in [0.717, 1.165) is 25.7 Å². The predicted octanol–water partition coefficient (Wildman–Crippen LogP) is 12.1. The Hall–Kier alpha value is -1.13. The normalized spacial score (nSPS) is 13.2. The molecule has 3 N–H and O–H groups in total. The largest absolute Gasteiger partial charge is 0.394 e.